The van der Waals surface area contributed by atoms with Gasteiger partial charge in [0.25, 0.3) is 5.91 Å². The van der Waals surface area contributed by atoms with E-state index in [9.17, 15) is 4.79 Å². The summed E-state index contributed by atoms with van der Waals surface area (Å²) >= 11 is 8.29. The van der Waals surface area contributed by atoms with Gasteiger partial charge in [-0.05, 0) is 66.6 Å². The molecule has 5 heteroatoms. The highest BCUT2D eigenvalue weighted by atomic mass is 127. The molecule has 0 aliphatic carbocycles. The molecule has 2 rings (SSSR count). The van der Waals surface area contributed by atoms with Crippen LogP contribution in [-0.2, 0) is 0 Å². The molecule has 116 valence electrons. The van der Waals surface area contributed by atoms with Gasteiger partial charge >= 0.3 is 0 Å². The fourth-order valence-electron chi connectivity index (χ4n) is 2.85. The van der Waals surface area contributed by atoms with Crippen molar-refractivity contribution < 1.29 is 4.79 Å². The maximum absolute atomic E-state index is 12.6. The average molecular weight is 421 g/mol. The van der Waals surface area contributed by atoms with E-state index in [0.29, 0.717) is 16.6 Å². The summed E-state index contributed by atoms with van der Waals surface area (Å²) in [5.41, 5.74) is 0.680. The van der Waals surface area contributed by atoms with E-state index in [1.54, 1.807) is 6.07 Å². The molecule has 1 aromatic carbocycles. The van der Waals surface area contributed by atoms with Gasteiger partial charge in [-0.25, -0.2) is 0 Å². The van der Waals surface area contributed by atoms with Crippen LogP contribution in [0, 0.1) is 3.57 Å². The lowest BCUT2D eigenvalue weighted by Gasteiger charge is -2.36. The monoisotopic (exact) mass is 420 g/mol. The molecular formula is C16H22ClIN2O. The molecule has 0 spiro atoms. The van der Waals surface area contributed by atoms with Gasteiger partial charge in [-0.3, -0.25) is 4.79 Å². The standard InChI is InChI=1S/C16H22ClIN2O/c1-3-8-20-9-6-13(7-10-20)19(2)16(21)12-4-5-15(18)14(17)11-12/h4-5,11,13H,3,6-10H2,1-2H3. The Hall–Kier alpha value is -0.330. The maximum atomic E-state index is 12.6. The zero-order chi connectivity index (χ0) is 15.4. The van der Waals surface area contributed by atoms with Crippen molar-refractivity contribution in [3.05, 3.63) is 32.4 Å². The van der Waals surface area contributed by atoms with Gasteiger partial charge in [0.15, 0.2) is 0 Å². The maximum Gasteiger partial charge on any atom is 0.253 e. The van der Waals surface area contributed by atoms with Crippen LogP contribution in [0.4, 0.5) is 0 Å². The van der Waals surface area contributed by atoms with Gasteiger partial charge in [-0.15, -0.1) is 0 Å². The molecular weight excluding hydrogens is 399 g/mol. The number of carbonyl (C=O) groups is 1. The van der Waals surface area contributed by atoms with Crippen molar-refractivity contribution in [1.82, 2.24) is 9.80 Å². The number of nitrogens with zero attached hydrogens (tertiary/aromatic N) is 2. The molecule has 1 heterocycles. The molecule has 0 bridgehead atoms. The molecule has 1 saturated heterocycles. The minimum Gasteiger partial charge on any atom is -0.339 e. The molecule has 21 heavy (non-hydrogen) atoms. The Morgan fingerprint density at radius 1 is 1.43 bits per heavy atom. The highest BCUT2D eigenvalue weighted by molar-refractivity contribution is 14.1. The summed E-state index contributed by atoms with van der Waals surface area (Å²) in [5, 5.41) is 0.646. The van der Waals surface area contributed by atoms with Crippen LogP contribution < -0.4 is 0 Å². The van der Waals surface area contributed by atoms with Crippen LogP contribution in [0.25, 0.3) is 0 Å². The third kappa shape index (κ3) is 4.33. The molecule has 0 unspecified atom stereocenters. The van der Waals surface area contributed by atoms with Crippen LogP contribution in [0.5, 0.6) is 0 Å². The number of halogens is 2. The van der Waals surface area contributed by atoms with E-state index in [1.807, 2.05) is 24.1 Å². The van der Waals surface area contributed by atoms with Crippen molar-refractivity contribution >= 4 is 40.1 Å². The van der Waals surface area contributed by atoms with E-state index < -0.39 is 0 Å². The van der Waals surface area contributed by atoms with Crippen LogP contribution >= 0.6 is 34.2 Å². The van der Waals surface area contributed by atoms with Crippen molar-refractivity contribution in [3.8, 4) is 0 Å². The number of hydrogen-bond donors (Lipinski definition) is 0. The van der Waals surface area contributed by atoms with Gasteiger partial charge in [-0.2, -0.15) is 0 Å². The zero-order valence-corrected chi connectivity index (χ0v) is 15.5. The van der Waals surface area contributed by atoms with Crippen molar-refractivity contribution in [2.24, 2.45) is 0 Å². The van der Waals surface area contributed by atoms with Crippen LogP contribution in [0.15, 0.2) is 18.2 Å². The minimum absolute atomic E-state index is 0.0715. The molecule has 3 nitrogen and oxygen atoms in total. The molecule has 1 aliphatic rings. The van der Waals surface area contributed by atoms with Crippen molar-refractivity contribution in [1.29, 1.82) is 0 Å². The highest BCUT2D eigenvalue weighted by Gasteiger charge is 2.25. The van der Waals surface area contributed by atoms with Gasteiger partial charge in [0.2, 0.25) is 0 Å². The molecule has 0 atom stereocenters. The summed E-state index contributed by atoms with van der Waals surface area (Å²) in [6.07, 6.45) is 3.31. The Bertz CT molecular complexity index is 501. The van der Waals surface area contributed by atoms with E-state index in [0.717, 1.165) is 36.0 Å². The van der Waals surface area contributed by atoms with Gasteiger partial charge in [0.1, 0.15) is 0 Å². The predicted octanol–water partition coefficient (Wildman–Crippen LogP) is 3.89. The van der Waals surface area contributed by atoms with E-state index >= 15 is 0 Å². The van der Waals surface area contributed by atoms with Gasteiger partial charge in [0.05, 0.1) is 5.02 Å². The SMILES string of the molecule is CCCN1CCC(N(C)C(=O)c2ccc(I)c(Cl)c2)CC1. The van der Waals surface area contributed by atoms with Crippen molar-refractivity contribution in [2.45, 2.75) is 32.2 Å². The summed E-state index contributed by atoms with van der Waals surface area (Å²) in [5.74, 6) is 0.0715. The van der Waals surface area contributed by atoms with Crippen molar-refractivity contribution in [2.75, 3.05) is 26.7 Å². The Morgan fingerprint density at radius 3 is 2.67 bits per heavy atom. The molecule has 1 aliphatic heterocycles. The first-order valence-corrected chi connectivity index (χ1v) is 8.93. The van der Waals surface area contributed by atoms with Crippen LogP contribution in [-0.4, -0.2) is 48.4 Å². The lowest BCUT2D eigenvalue weighted by Crippen LogP contribution is -2.45. The second-order valence-corrected chi connectivity index (χ2v) is 7.19. The fraction of sp³-hybridized carbons (Fsp3) is 0.562. The van der Waals surface area contributed by atoms with Crippen LogP contribution in [0.2, 0.25) is 5.02 Å². The summed E-state index contributed by atoms with van der Waals surface area (Å²) in [6.45, 7) is 5.55. The van der Waals surface area contributed by atoms with E-state index in [1.165, 1.54) is 6.42 Å². The Morgan fingerprint density at radius 2 is 2.10 bits per heavy atom. The second kappa shape index (κ2) is 7.79. The third-order valence-electron chi connectivity index (χ3n) is 4.13. The molecule has 0 saturated carbocycles. The number of hydrogen-bond acceptors (Lipinski definition) is 2. The normalized spacial score (nSPS) is 17.0. The Kier molecular flexibility index (Phi) is 6.32. The van der Waals surface area contributed by atoms with Crippen molar-refractivity contribution in [3.63, 3.8) is 0 Å². The fourth-order valence-corrected chi connectivity index (χ4v) is 3.36. The zero-order valence-electron chi connectivity index (χ0n) is 12.6. The number of likely N-dealkylation sites (tertiary alicyclic amines) is 1. The number of benzene rings is 1. The molecule has 0 radical (unpaired) electrons. The highest BCUT2D eigenvalue weighted by Crippen LogP contribution is 2.22. The lowest BCUT2D eigenvalue weighted by molar-refractivity contribution is 0.0642. The summed E-state index contributed by atoms with van der Waals surface area (Å²) < 4.78 is 0.973. The number of rotatable bonds is 4. The smallest absolute Gasteiger partial charge is 0.253 e. The molecule has 1 fully saturated rings. The van der Waals surface area contributed by atoms with E-state index in [2.05, 4.69) is 34.4 Å². The van der Waals surface area contributed by atoms with E-state index in [4.69, 9.17) is 11.6 Å². The summed E-state index contributed by atoms with van der Waals surface area (Å²) in [6, 6.07) is 5.87. The first-order chi connectivity index (χ1) is 10.0. The van der Waals surface area contributed by atoms with E-state index in [-0.39, 0.29) is 5.91 Å². The Balaban J connectivity index is 1.98. The quantitative estimate of drug-likeness (QED) is 0.690. The molecule has 1 amide bonds. The largest absolute Gasteiger partial charge is 0.339 e. The summed E-state index contributed by atoms with van der Waals surface area (Å²) in [7, 11) is 1.91. The third-order valence-corrected chi connectivity index (χ3v) is 5.70. The molecule has 1 aromatic rings. The van der Waals surface area contributed by atoms with Crippen LogP contribution in [0.3, 0.4) is 0 Å². The first kappa shape index (κ1) is 17.0. The van der Waals surface area contributed by atoms with Gasteiger partial charge in [0, 0.05) is 35.3 Å². The second-order valence-electron chi connectivity index (χ2n) is 5.62. The molecule has 0 aromatic heterocycles. The lowest BCUT2D eigenvalue weighted by atomic mass is 10.0. The minimum atomic E-state index is 0.0715. The predicted molar refractivity (Wildman–Crippen MR) is 96.0 cm³/mol. The Labute approximate surface area is 145 Å². The number of piperidine rings is 1. The van der Waals surface area contributed by atoms with Gasteiger partial charge < -0.3 is 9.80 Å². The van der Waals surface area contributed by atoms with Crippen LogP contribution in [0.1, 0.15) is 36.5 Å². The summed E-state index contributed by atoms with van der Waals surface area (Å²) in [4.78, 5) is 16.9. The number of amides is 1. The number of carbonyl (C=O) groups excluding carboxylic acids is 1. The van der Waals surface area contributed by atoms with Gasteiger partial charge in [-0.1, -0.05) is 18.5 Å². The topological polar surface area (TPSA) is 23.6 Å². The molecule has 0 N–H and O–H groups in total. The average Bonchev–Trinajstić information content (AvgIpc) is 2.50. The first-order valence-electron chi connectivity index (χ1n) is 7.47.